The van der Waals surface area contributed by atoms with Gasteiger partial charge in [-0.2, -0.15) is 0 Å². The lowest BCUT2D eigenvalue weighted by Gasteiger charge is -2.42. The summed E-state index contributed by atoms with van der Waals surface area (Å²) in [5, 5.41) is 0. The molecule has 2 heterocycles. The molecule has 2 fully saturated rings. The van der Waals surface area contributed by atoms with Gasteiger partial charge in [0.1, 0.15) is 5.52 Å². The Labute approximate surface area is 123 Å². The van der Waals surface area contributed by atoms with Crippen LogP contribution in [0.3, 0.4) is 0 Å². The molecule has 2 aromatic rings. The van der Waals surface area contributed by atoms with Gasteiger partial charge in [0.2, 0.25) is 0 Å². The molecule has 2 unspecified atom stereocenters. The highest BCUT2D eigenvalue weighted by Gasteiger charge is 2.31. The van der Waals surface area contributed by atoms with Crippen LogP contribution in [0.1, 0.15) is 32.1 Å². The Balaban J connectivity index is 1.64. The Morgan fingerprint density at radius 3 is 2.90 bits per heavy atom. The third-order valence-corrected chi connectivity index (χ3v) is 5.94. The number of hydrogen-bond donors (Lipinski definition) is 1. The van der Waals surface area contributed by atoms with Gasteiger partial charge in [0.15, 0.2) is 0 Å². The van der Waals surface area contributed by atoms with Crippen LogP contribution in [0.25, 0.3) is 10.2 Å². The van der Waals surface area contributed by atoms with Crippen molar-refractivity contribution < 1.29 is 0 Å². The number of benzene rings is 1. The van der Waals surface area contributed by atoms with E-state index in [1.54, 1.807) is 11.3 Å². The molecule has 0 radical (unpaired) electrons. The van der Waals surface area contributed by atoms with E-state index in [-0.39, 0.29) is 0 Å². The van der Waals surface area contributed by atoms with Gasteiger partial charge in [-0.25, -0.2) is 4.98 Å². The van der Waals surface area contributed by atoms with E-state index in [1.165, 1.54) is 49.0 Å². The molecular formula is C16H21N3S. The molecular weight excluding hydrogens is 266 g/mol. The van der Waals surface area contributed by atoms with Gasteiger partial charge in [0.05, 0.1) is 21.6 Å². The summed E-state index contributed by atoms with van der Waals surface area (Å²) in [6.07, 6.45) is 7.03. The number of fused-ring (bicyclic) bond motifs is 2. The highest BCUT2D eigenvalue weighted by Crippen LogP contribution is 2.40. The Morgan fingerprint density at radius 2 is 2.00 bits per heavy atom. The average molecular weight is 287 g/mol. The lowest BCUT2D eigenvalue weighted by molar-refractivity contribution is 0.202. The molecule has 4 heteroatoms. The zero-order valence-electron chi connectivity index (χ0n) is 11.7. The van der Waals surface area contributed by atoms with E-state index in [0.29, 0.717) is 0 Å². The highest BCUT2D eigenvalue weighted by molar-refractivity contribution is 7.16. The minimum atomic E-state index is 0.873. The van der Waals surface area contributed by atoms with E-state index < -0.39 is 0 Å². The second-order valence-electron chi connectivity index (χ2n) is 6.24. The molecule has 106 valence electrons. The Kier molecular flexibility index (Phi) is 3.06. The molecule has 0 spiro atoms. The van der Waals surface area contributed by atoms with E-state index in [9.17, 15) is 0 Å². The normalized spacial score (nSPS) is 26.7. The van der Waals surface area contributed by atoms with Gasteiger partial charge in [-0.1, -0.05) is 19.3 Å². The van der Waals surface area contributed by atoms with Crippen LogP contribution in [-0.4, -0.2) is 18.1 Å². The molecule has 0 bridgehead atoms. The zero-order valence-corrected chi connectivity index (χ0v) is 12.5. The molecule has 2 N–H and O–H groups in total. The zero-order chi connectivity index (χ0) is 13.5. The van der Waals surface area contributed by atoms with Crippen molar-refractivity contribution in [2.75, 3.05) is 23.7 Å². The first-order valence-electron chi connectivity index (χ1n) is 7.69. The SMILES string of the molecule is Nc1c(N2CCC3CCCCC3C2)ccc2scnc12. The molecule has 2 aliphatic rings. The van der Waals surface area contributed by atoms with E-state index in [0.717, 1.165) is 29.6 Å². The highest BCUT2D eigenvalue weighted by atomic mass is 32.1. The molecule has 1 saturated carbocycles. The van der Waals surface area contributed by atoms with Crippen molar-refractivity contribution in [2.45, 2.75) is 32.1 Å². The van der Waals surface area contributed by atoms with Crippen LogP contribution in [0.5, 0.6) is 0 Å². The van der Waals surface area contributed by atoms with Crippen molar-refractivity contribution in [3.8, 4) is 0 Å². The summed E-state index contributed by atoms with van der Waals surface area (Å²) in [6, 6.07) is 4.37. The maximum absolute atomic E-state index is 6.36. The third-order valence-electron chi connectivity index (χ3n) is 5.15. The second-order valence-corrected chi connectivity index (χ2v) is 7.12. The van der Waals surface area contributed by atoms with Gasteiger partial charge in [0, 0.05) is 13.1 Å². The molecule has 1 saturated heterocycles. The van der Waals surface area contributed by atoms with Crippen LogP contribution in [-0.2, 0) is 0 Å². The minimum Gasteiger partial charge on any atom is -0.395 e. The van der Waals surface area contributed by atoms with E-state index >= 15 is 0 Å². The number of thiazole rings is 1. The summed E-state index contributed by atoms with van der Waals surface area (Å²) in [4.78, 5) is 6.92. The predicted octanol–water partition coefficient (Wildman–Crippen LogP) is 3.90. The minimum absolute atomic E-state index is 0.873. The van der Waals surface area contributed by atoms with E-state index in [1.807, 2.05) is 5.51 Å². The molecule has 20 heavy (non-hydrogen) atoms. The summed E-state index contributed by atoms with van der Waals surface area (Å²) >= 11 is 1.67. The smallest absolute Gasteiger partial charge is 0.106 e. The average Bonchev–Trinajstić information content (AvgIpc) is 2.97. The largest absolute Gasteiger partial charge is 0.395 e. The summed E-state index contributed by atoms with van der Waals surface area (Å²) in [7, 11) is 0. The van der Waals surface area contributed by atoms with Crippen LogP contribution in [0, 0.1) is 11.8 Å². The van der Waals surface area contributed by atoms with Crippen LogP contribution >= 0.6 is 11.3 Å². The van der Waals surface area contributed by atoms with Gasteiger partial charge in [-0.15, -0.1) is 11.3 Å². The first kappa shape index (κ1) is 12.5. The number of aromatic nitrogens is 1. The van der Waals surface area contributed by atoms with Crippen molar-refractivity contribution in [3.05, 3.63) is 17.6 Å². The Hall–Kier alpha value is -1.29. The lowest BCUT2D eigenvalue weighted by Crippen LogP contribution is -2.42. The fraction of sp³-hybridized carbons (Fsp3) is 0.562. The van der Waals surface area contributed by atoms with Crippen molar-refractivity contribution in [2.24, 2.45) is 11.8 Å². The van der Waals surface area contributed by atoms with E-state index in [2.05, 4.69) is 22.0 Å². The van der Waals surface area contributed by atoms with E-state index in [4.69, 9.17) is 5.73 Å². The van der Waals surface area contributed by atoms with Crippen molar-refractivity contribution in [1.82, 2.24) is 4.98 Å². The number of hydrogen-bond acceptors (Lipinski definition) is 4. The van der Waals surface area contributed by atoms with Crippen LogP contribution in [0.15, 0.2) is 17.6 Å². The monoisotopic (exact) mass is 287 g/mol. The maximum Gasteiger partial charge on any atom is 0.106 e. The van der Waals surface area contributed by atoms with Crippen molar-refractivity contribution in [3.63, 3.8) is 0 Å². The third kappa shape index (κ3) is 1.97. The molecule has 4 rings (SSSR count). The Morgan fingerprint density at radius 1 is 1.15 bits per heavy atom. The molecule has 1 aliphatic heterocycles. The Bertz CT molecular complexity index is 621. The number of piperidine rings is 1. The lowest BCUT2D eigenvalue weighted by atomic mass is 9.75. The topological polar surface area (TPSA) is 42.1 Å². The first-order valence-corrected chi connectivity index (χ1v) is 8.57. The number of anilines is 2. The van der Waals surface area contributed by atoms with Gasteiger partial charge in [-0.05, 0) is 36.8 Å². The molecule has 1 aromatic heterocycles. The molecule has 2 atom stereocenters. The quantitative estimate of drug-likeness (QED) is 0.809. The predicted molar refractivity (Wildman–Crippen MR) is 86.3 cm³/mol. The summed E-state index contributed by atoms with van der Waals surface area (Å²) in [5.41, 5.74) is 11.3. The maximum atomic E-state index is 6.36. The number of nitrogen functional groups attached to an aromatic ring is 1. The molecule has 1 aliphatic carbocycles. The number of nitrogens with zero attached hydrogens (tertiary/aromatic N) is 2. The fourth-order valence-corrected chi connectivity index (χ4v) is 4.73. The summed E-state index contributed by atoms with van der Waals surface area (Å²) in [5.74, 6) is 1.84. The van der Waals surface area contributed by atoms with Crippen LogP contribution < -0.4 is 10.6 Å². The number of rotatable bonds is 1. The summed E-state index contributed by atoms with van der Waals surface area (Å²) in [6.45, 7) is 2.34. The first-order chi connectivity index (χ1) is 9.83. The second kappa shape index (κ2) is 4.92. The van der Waals surface area contributed by atoms with Crippen molar-refractivity contribution >= 4 is 32.9 Å². The molecule has 0 amide bonds. The number of nitrogens with two attached hydrogens (primary N) is 1. The standard InChI is InChI=1S/C16H21N3S/c17-15-13(5-6-14-16(15)18-10-20-14)19-8-7-11-3-1-2-4-12(11)9-19/h5-6,10-12H,1-4,7-9,17H2. The van der Waals surface area contributed by atoms with Gasteiger partial charge >= 0.3 is 0 Å². The summed E-state index contributed by atoms with van der Waals surface area (Å²) < 4.78 is 1.19. The van der Waals surface area contributed by atoms with Crippen LogP contribution in [0.2, 0.25) is 0 Å². The van der Waals surface area contributed by atoms with Gasteiger partial charge < -0.3 is 10.6 Å². The molecule has 1 aromatic carbocycles. The fourth-order valence-electron chi connectivity index (χ4n) is 4.04. The van der Waals surface area contributed by atoms with Gasteiger partial charge in [0.25, 0.3) is 0 Å². The van der Waals surface area contributed by atoms with Crippen LogP contribution in [0.4, 0.5) is 11.4 Å². The van der Waals surface area contributed by atoms with Gasteiger partial charge in [-0.3, -0.25) is 0 Å². The molecule has 3 nitrogen and oxygen atoms in total. The van der Waals surface area contributed by atoms with Crippen molar-refractivity contribution in [1.29, 1.82) is 0 Å².